The number of anilines is 1. The molecule has 0 aromatic carbocycles. The maximum atomic E-state index is 12.9. The number of amides is 2. The number of oxime groups is 1. The second-order valence-electron chi connectivity index (χ2n) is 7.65. The highest BCUT2D eigenvalue weighted by molar-refractivity contribution is 8.00. The number of β-lactam (4-membered cyclic amide) rings is 1. The zero-order valence-electron chi connectivity index (χ0n) is 18.2. The van der Waals surface area contributed by atoms with E-state index in [2.05, 4.69) is 15.5 Å². The molecule has 14 heteroatoms. The standard InChI is InChI=1S/C21H18N6O6S2/c1-32-25-14(12-8-33-21(22)23-12)17(28)24-15-18(29)27-16(20(30)31)11(9-35-19(15)27)7-26-4-2-13-10(6-26)3-5-34-13/h2-6,8,15,19H,7,9H2,1H3,(H3-,22,23,24,28,30,31)/t15?,19-/m0/s1. The van der Waals surface area contributed by atoms with Gasteiger partial charge < -0.3 is 30.2 Å². The fraction of sp³-hybridized carbons (Fsp3) is 0.238. The summed E-state index contributed by atoms with van der Waals surface area (Å²) in [5.74, 6) is -2.41. The molecule has 2 aliphatic heterocycles. The summed E-state index contributed by atoms with van der Waals surface area (Å²) in [4.78, 5) is 47.5. The SMILES string of the molecule is CON=C(C(=O)NC1C(=O)N2C(C(=O)[O-])=C(C[n+]3ccc4sccc4c3)CS[C@@H]12)c1coc(N)n1. The van der Waals surface area contributed by atoms with Gasteiger partial charge in [-0.1, -0.05) is 5.16 Å². The van der Waals surface area contributed by atoms with Crippen molar-refractivity contribution in [1.82, 2.24) is 15.2 Å². The van der Waals surface area contributed by atoms with Crippen LogP contribution in [-0.4, -0.2) is 57.7 Å². The van der Waals surface area contributed by atoms with E-state index >= 15 is 0 Å². The van der Waals surface area contributed by atoms with Crippen LogP contribution in [0.25, 0.3) is 10.1 Å². The van der Waals surface area contributed by atoms with Crippen LogP contribution in [-0.2, 0) is 25.8 Å². The van der Waals surface area contributed by atoms with Gasteiger partial charge >= 0.3 is 0 Å². The van der Waals surface area contributed by atoms with Crippen LogP contribution in [0.2, 0.25) is 0 Å². The minimum atomic E-state index is -1.44. The van der Waals surface area contributed by atoms with Gasteiger partial charge in [0.1, 0.15) is 30.5 Å². The third-order valence-corrected chi connectivity index (χ3v) is 7.75. The Labute approximate surface area is 206 Å². The molecule has 5 heterocycles. The van der Waals surface area contributed by atoms with E-state index in [0.717, 1.165) is 21.2 Å². The molecule has 0 spiro atoms. The number of pyridine rings is 1. The van der Waals surface area contributed by atoms with Gasteiger partial charge in [0.2, 0.25) is 0 Å². The Hall–Kier alpha value is -3.91. The van der Waals surface area contributed by atoms with Crippen LogP contribution in [0.15, 0.2) is 57.0 Å². The highest BCUT2D eigenvalue weighted by atomic mass is 32.2. The number of aromatic nitrogens is 2. The van der Waals surface area contributed by atoms with Crippen molar-refractivity contribution in [2.75, 3.05) is 18.6 Å². The van der Waals surface area contributed by atoms with E-state index in [-0.39, 0.29) is 29.7 Å². The van der Waals surface area contributed by atoms with Crippen LogP contribution in [0.1, 0.15) is 5.69 Å². The Kier molecular flexibility index (Phi) is 5.90. The molecule has 0 saturated carbocycles. The summed E-state index contributed by atoms with van der Waals surface area (Å²) >= 11 is 2.97. The summed E-state index contributed by atoms with van der Waals surface area (Å²) in [7, 11) is 1.25. The molecule has 1 saturated heterocycles. The van der Waals surface area contributed by atoms with Gasteiger partial charge in [-0.2, -0.15) is 4.98 Å². The molecule has 3 aromatic rings. The van der Waals surface area contributed by atoms with Gasteiger partial charge in [-0.15, -0.1) is 23.1 Å². The molecular formula is C21H18N6O6S2. The Morgan fingerprint density at radius 1 is 1.46 bits per heavy atom. The lowest BCUT2D eigenvalue weighted by Crippen LogP contribution is -2.71. The van der Waals surface area contributed by atoms with E-state index in [0.29, 0.717) is 11.3 Å². The van der Waals surface area contributed by atoms with Crippen LogP contribution >= 0.6 is 23.1 Å². The summed E-state index contributed by atoms with van der Waals surface area (Å²) in [5, 5.41) is 20.7. The number of nitrogens with one attached hydrogen (secondary N) is 1. The number of fused-ring (bicyclic) bond motifs is 2. The van der Waals surface area contributed by atoms with Crippen LogP contribution in [0.4, 0.5) is 6.01 Å². The van der Waals surface area contributed by atoms with Crippen molar-refractivity contribution in [2.24, 2.45) is 5.16 Å². The second kappa shape index (κ2) is 9.03. The van der Waals surface area contributed by atoms with E-state index in [4.69, 9.17) is 15.0 Å². The molecule has 2 aliphatic rings. The van der Waals surface area contributed by atoms with Crippen molar-refractivity contribution in [3.05, 3.63) is 53.1 Å². The molecule has 2 amide bonds. The lowest BCUT2D eigenvalue weighted by atomic mass is 10.0. The van der Waals surface area contributed by atoms with E-state index in [1.807, 2.05) is 34.5 Å². The summed E-state index contributed by atoms with van der Waals surface area (Å²) in [5.41, 5.74) is 5.62. The highest BCUT2D eigenvalue weighted by Gasteiger charge is 2.53. The molecule has 2 atom stereocenters. The van der Waals surface area contributed by atoms with Gasteiger partial charge in [-0.3, -0.25) is 14.5 Å². The number of nitrogens with zero attached hydrogens (tertiary/aromatic N) is 4. The molecule has 0 aliphatic carbocycles. The monoisotopic (exact) mass is 514 g/mol. The minimum absolute atomic E-state index is 0.0269. The molecule has 1 unspecified atom stereocenters. The maximum absolute atomic E-state index is 12.9. The first kappa shape index (κ1) is 22.9. The number of thioether (sulfide) groups is 1. The van der Waals surface area contributed by atoms with Crippen molar-refractivity contribution < 1.29 is 33.3 Å². The van der Waals surface area contributed by atoms with E-state index in [1.165, 1.54) is 18.9 Å². The number of carbonyl (C=O) groups is 3. The summed E-state index contributed by atoms with van der Waals surface area (Å²) in [6.45, 7) is 0.286. The first-order valence-corrected chi connectivity index (χ1v) is 12.2. The smallest absolute Gasteiger partial charge is 0.292 e. The van der Waals surface area contributed by atoms with Gasteiger partial charge in [0.25, 0.3) is 17.8 Å². The predicted octanol–water partition coefficient (Wildman–Crippen LogP) is -0.786. The van der Waals surface area contributed by atoms with E-state index < -0.39 is 29.2 Å². The second-order valence-corrected chi connectivity index (χ2v) is 9.70. The highest BCUT2D eigenvalue weighted by Crippen LogP contribution is 2.40. The largest absolute Gasteiger partial charge is 0.543 e. The lowest BCUT2D eigenvalue weighted by molar-refractivity contribution is -0.687. The van der Waals surface area contributed by atoms with Gasteiger partial charge in [-0.25, -0.2) is 4.57 Å². The number of nitrogens with two attached hydrogens (primary N) is 1. The average molecular weight is 515 g/mol. The number of nitrogen functional groups attached to an aromatic ring is 1. The third kappa shape index (κ3) is 4.10. The molecule has 3 aromatic heterocycles. The molecule has 1 fully saturated rings. The van der Waals surface area contributed by atoms with Crippen LogP contribution in [0, 0.1) is 0 Å². The Morgan fingerprint density at radius 2 is 2.29 bits per heavy atom. The Bertz CT molecular complexity index is 1410. The fourth-order valence-electron chi connectivity index (χ4n) is 3.97. The number of carboxylic acids is 1. The van der Waals surface area contributed by atoms with Crippen molar-refractivity contribution in [2.45, 2.75) is 18.0 Å². The third-order valence-electron chi connectivity index (χ3n) is 5.51. The van der Waals surface area contributed by atoms with Crippen molar-refractivity contribution in [1.29, 1.82) is 0 Å². The zero-order chi connectivity index (χ0) is 24.7. The van der Waals surface area contributed by atoms with Crippen LogP contribution in [0.3, 0.4) is 0 Å². The quantitative estimate of drug-likeness (QED) is 0.178. The van der Waals surface area contributed by atoms with Crippen molar-refractivity contribution in [3.63, 3.8) is 0 Å². The van der Waals surface area contributed by atoms with Gasteiger partial charge in [0, 0.05) is 22.1 Å². The summed E-state index contributed by atoms with van der Waals surface area (Å²) in [6.07, 6.45) is 4.92. The van der Waals surface area contributed by atoms with Gasteiger partial charge in [0.05, 0.1) is 17.1 Å². The van der Waals surface area contributed by atoms with E-state index in [9.17, 15) is 19.5 Å². The number of carboxylic acid groups (broad SMARTS) is 1. The zero-order valence-corrected chi connectivity index (χ0v) is 19.8. The first-order chi connectivity index (χ1) is 16.9. The predicted molar refractivity (Wildman–Crippen MR) is 124 cm³/mol. The average Bonchev–Trinajstić information content (AvgIpc) is 3.48. The minimum Gasteiger partial charge on any atom is -0.543 e. The number of hydrogen-bond donors (Lipinski definition) is 2. The van der Waals surface area contributed by atoms with Gasteiger partial charge in [0.15, 0.2) is 24.7 Å². The fourth-order valence-corrected chi connectivity index (χ4v) is 6.06. The topological polar surface area (TPSA) is 167 Å². The van der Waals surface area contributed by atoms with Gasteiger partial charge in [-0.05, 0) is 11.4 Å². The van der Waals surface area contributed by atoms with Crippen LogP contribution < -0.4 is 20.7 Å². The molecule has 12 nitrogen and oxygen atoms in total. The van der Waals surface area contributed by atoms with Crippen molar-refractivity contribution in [3.8, 4) is 0 Å². The number of carbonyl (C=O) groups excluding carboxylic acids is 3. The first-order valence-electron chi connectivity index (χ1n) is 10.2. The lowest BCUT2D eigenvalue weighted by Gasteiger charge is -2.50. The number of hydrogen-bond acceptors (Lipinski definition) is 11. The molecule has 0 radical (unpaired) electrons. The molecule has 180 valence electrons. The number of aliphatic carboxylic acids is 1. The van der Waals surface area contributed by atoms with Crippen molar-refractivity contribution >= 4 is 62.7 Å². The normalized spacial score (nSPS) is 20.0. The molecule has 3 N–H and O–H groups in total. The van der Waals surface area contributed by atoms with Crippen LogP contribution in [0.5, 0.6) is 0 Å². The molecule has 35 heavy (non-hydrogen) atoms. The Morgan fingerprint density at radius 3 is 3.00 bits per heavy atom. The summed E-state index contributed by atoms with van der Waals surface area (Å²) < 4.78 is 7.90. The maximum Gasteiger partial charge on any atom is 0.292 e. The molecule has 5 rings (SSSR count). The molecule has 0 bridgehead atoms. The number of thiophene rings is 1. The molecular weight excluding hydrogens is 496 g/mol. The van der Waals surface area contributed by atoms with E-state index in [1.54, 1.807) is 11.3 Å². The summed E-state index contributed by atoms with van der Waals surface area (Å²) in [6, 6.07) is 2.80. The number of oxazole rings is 1. The number of rotatable bonds is 7. The Balaban J connectivity index is 1.36.